The van der Waals surface area contributed by atoms with Gasteiger partial charge in [0.2, 0.25) is 0 Å². The van der Waals surface area contributed by atoms with E-state index < -0.39 is 5.60 Å². The molecule has 16 heavy (non-hydrogen) atoms. The van der Waals surface area contributed by atoms with E-state index in [-0.39, 0.29) is 6.54 Å². The standard InChI is InChI=1S/C12H18BrNO2/c1-3-12(15,8-14)7-9-6-10(16-2)4-5-11(9)13/h4-6,15H,3,7-8,14H2,1-2H3. The van der Waals surface area contributed by atoms with Crippen molar-refractivity contribution in [2.45, 2.75) is 25.4 Å². The molecular formula is C12H18BrNO2. The Hall–Kier alpha value is -0.580. The van der Waals surface area contributed by atoms with Gasteiger partial charge in [0.15, 0.2) is 0 Å². The molecule has 1 atom stereocenters. The second-order valence-electron chi connectivity index (χ2n) is 3.92. The summed E-state index contributed by atoms with van der Waals surface area (Å²) < 4.78 is 6.12. The minimum absolute atomic E-state index is 0.257. The van der Waals surface area contributed by atoms with Crippen LogP contribution >= 0.6 is 15.9 Å². The van der Waals surface area contributed by atoms with Gasteiger partial charge in [-0.2, -0.15) is 0 Å². The lowest BCUT2D eigenvalue weighted by molar-refractivity contribution is 0.0454. The zero-order valence-electron chi connectivity index (χ0n) is 9.66. The van der Waals surface area contributed by atoms with Gasteiger partial charge in [-0.25, -0.2) is 0 Å². The van der Waals surface area contributed by atoms with E-state index in [1.807, 2.05) is 25.1 Å². The third-order valence-corrected chi connectivity index (χ3v) is 3.58. The third kappa shape index (κ3) is 3.20. The smallest absolute Gasteiger partial charge is 0.119 e. The van der Waals surface area contributed by atoms with Crippen molar-refractivity contribution in [3.05, 3.63) is 28.2 Å². The quantitative estimate of drug-likeness (QED) is 0.872. The lowest BCUT2D eigenvalue weighted by Gasteiger charge is -2.25. The molecular weight excluding hydrogens is 270 g/mol. The van der Waals surface area contributed by atoms with Crippen molar-refractivity contribution >= 4 is 15.9 Å². The van der Waals surface area contributed by atoms with Gasteiger partial charge in [-0.05, 0) is 30.2 Å². The molecule has 0 spiro atoms. The van der Waals surface area contributed by atoms with Crippen molar-refractivity contribution in [2.75, 3.05) is 13.7 Å². The van der Waals surface area contributed by atoms with E-state index in [9.17, 15) is 5.11 Å². The predicted octanol–water partition coefficient (Wildman–Crippen LogP) is 2.10. The molecule has 90 valence electrons. The van der Waals surface area contributed by atoms with Crippen LogP contribution in [0.2, 0.25) is 0 Å². The Kier molecular flexibility index (Phi) is 4.77. The van der Waals surface area contributed by atoms with Crippen molar-refractivity contribution < 1.29 is 9.84 Å². The Morgan fingerprint density at radius 2 is 2.19 bits per heavy atom. The summed E-state index contributed by atoms with van der Waals surface area (Å²) in [5.41, 5.74) is 5.76. The SMILES string of the molecule is CCC(O)(CN)Cc1cc(OC)ccc1Br. The zero-order chi connectivity index (χ0) is 12.2. The van der Waals surface area contributed by atoms with Gasteiger partial charge in [-0.1, -0.05) is 22.9 Å². The Balaban J connectivity index is 2.95. The maximum atomic E-state index is 10.2. The molecule has 1 aromatic carbocycles. The van der Waals surface area contributed by atoms with Gasteiger partial charge in [0, 0.05) is 17.4 Å². The molecule has 0 aliphatic rings. The van der Waals surface area contributed by atoms with Crippen LogP contribution in [0.3, 0.4) is 0 Å². The summed E-state index contributed by atoms with van der Waals surface area (Å²) in [5, 5.41) is 10.2. The van der Waals surface area contributed by atoms with Crippen molar-refractivity contribution in [1.82, 2.24) is 0 Å². The molecule has 1 aromatic rings. The molecule has 0 aliphatic heterocycles. The third-order valence-electron chi connectivity index (χ3n) is 2.81. The Labute approximate surface area is 105 Å². The van der Waals surface area contributed by atoms with Crippen molar-refractivity contribution in [1.29, 1.82) is 0 Å². The predicted molar refractivity (Wildman–Crippen MR) is 68.7 cm³/mol. The first kappa shape index (κ1) is 13.5. The van der Waals surface area contributed by atoms with E-state index in [1.54, 1.807) is 7.11 Å². The number of aliphatic hydroxyl groups is 1. The first-order chi connectivity index (χ1) is 7.54. The van der Waals surface area contributed by atoms with Gasteiger partial charge >= 0.3 is 0 Å². The maximum Gasteiger partial charge on any atom is 0.119 e. The van der Waals surface area contributed by atoms with Crippen LogP contribution < -0.4 is 10.5 Å². The molecule has 0 heterocycles. The van der Waals surface area contributed by atoms with E-state index in [0.717, 1.165) is 15.8 Å². The van der Waals surface area contributed by atoms with E-state index in [4.69, 9.17) is 10.5 Å². The zero-order valence-corrected chi connectivity index (χ0v) is 11.3. The summed E-state index contributed by atoms with van der Waals surface area (Å²) in [6.45, 7) is 2.19. The lowest BCUT2D eigenvalue weighted by Crippen LogP contribution is -2.39. The monoisotopic (exact) mass is 287 g/mol. The van der Waals surface area contributed by atoms with Crippen LogP contribution in [0.25, 0.3) is 0 Å². The molecule has 0 amide bonds. The van der Waals surface area contributed by atoms with E-state index in [0.29, 0.717) is 12.8 Å². The second kappa shape index (κ2) is 5.66. The van der Waals surface area contributed by atoms with Crippen molar-refractivity contribution in [3.8, 4) is 5.75 Å². The van der Waals surface area contributed by atoms with E-state index >= 15 is 0 Å². The van der Waals surface area contributed by atoms with Crippen LogP contribution in [-0.4, -0.2) is 24.4 Å². The van der Waals surface area contributed by atoms with Crippen LogP contribution in [-0.2, 0) is 6.42 Å². The molecule has 0 aromatic heterocycles. The number of hydrogen-bond acceptors (Lipinski definition) is 3. The molecule has 1 rings (SSSR count). The number of hydrogen-bond donors (Lipinski definition) is 2. The molecule has 4 heteroatoms. The summed E-state index contributed by atoms with van der Waals surface area (Å²) in [7, 11) is 1.63. The lowest BCUT2D eigenvalue weighted by atomic mass is 9.92. The maximum absolute atomic E-state index is 10.2. The fraction of sp³-hybridized carbons (Fsp3) is 0.500. The highest BCUT2D eigenvalue weighted by molar-refractivity contribution is 9.10. The Morgan fingerprint density at radius 3 is 2.69 bits per heavy atom. The second-order valence-corrected chi connectivity index (χ2v) is 4.77. The Morgan fingerprint density at radius 1 is 1.50 bits per heavy atom. The summed E-state index contributed by atoms with van der Waals surface area (Å²) >= 11 is 3.46. The number of halogens is 1. The molecule has 0 saturated carbocycles. The highest BCUT2D eigenvalue weighted by Crippen LogP contribution is 2.27. The number of rotatable bonds is 5. The van der Waals surface area contributed by atoms with Crippen molar-refractivity contribution in [3.63, 3.8) is 0 Å². The van der Waals surface area contributed by atoms with Crippen LogP contribution in [0.15, 0.2) is 22.7 Å². The van der Waals surface area contributed by atoms with Gasteiger partial charge < -0.3 is 15.6 Å². The summed E-state index contributed by atoms with van der Waals surface area (Å²) in [6, 6.07) is 5.71. The first-order valence-electron chi connectivity index (χ1n) is 5.29. The molecule has 0 radical (unpaired) electrons. The van der Waals surface area contributed by atoms with Crippen LogP contribution in [0.5, 0.6) is 5.75 Å². The van der Waals surface area contributed by atoms with Crippen molar-refractivity contribution in [2.24, 2.45) is 5.73 Å². The molecule has 0 aliphatic carbocycles. The normalized spacial score (nSPS) is 14.6. The first-order valence-corrected chi connectivity index (χ1v) is 6.09. The van der Waals surface area contributed by atoms with E-state index in [2.05, 4.69) is 15.9 Å². The van der Waals surface area contributed by atoms with Crippen LogP contribution in [0.1, 0.15) is 18.9 Å². The minimum atomic E-state index is -0.838. The minimum Gasteiger partial charge on any atom is -0.497 e. The topological polar surface area (TPSA) is 55.5 Å². The summed E-state index contributed by atoms with van der Waals surface area (Å²) in [4.78, 5) is 0. The van der Waals surface area contributed by atoms with E-state index in [1.165, 1.54) is 0 Å². The molecule has 3 N–H and O–H groups in total. The largest absolute Gasteiger partial charge is 0.497 e. The van der Waals surface area contributed by atoms with Gasteiger partial charge in [-0.15, -0.1) is 0 Å². The number of ether oxygens (including phenoxy) is 1. The average molecular weight is 288 g/mol. The summed E-state index contributed by atoms with van der Waals surface area (Å²) in [6.07, 6.45) is 1.16. The van der Waals surface area contributed by atoms with Gasteiger partial charge in [0.1, 0.15) is 5.75 Å². The molecule has 0 saturated heterocycles. The number of benzene rings is 1. The highest BCUT2D eigenvalue weighted by atomic mass is 79.9. The van der Waals surface area contributed by atoms with Gasteiger partial charge in [0.25, 0.3) is 0 Å². The number of nitrogens with two attached hydrogens (primary N) is 1. The molecule has 1 unspecified atom stereocenters. The van der Waals surface area contributed by atoms with Crippen LogP contribution in [0, 0.1) is 0 Å². The molecule has 0 bridgehead atoms. The number of methoxy groups -OCH3 is 1. The molecule has 0 fully saturated rings. The fourth-order valence-electron chi connectivity index (χ4n) is 1.51. The van der Waals surface area contributed by atoms with Crippen LogP contribution in [0.4, 0.5) is 0 Å². The Bertz CT molecular complexity index is 351. The van der Waals surface area contributed by atoms with Gasteiger partial charge in [0.05, 0.1) is 12.7 Å². The van der Waals surface area contributed by atoms with Gasteiger partial charge in [-0.3, -0.25) is 0 Å². The summed E-state index contributed by atoms with van der Waals surface area (Å²) in [5.74, 6) is 0.786. The highest BCUT2D eigenvalue weighted by Gasteiger charge is 2.24. The molecule has 3 nitrogen and oxygen atoms in total. The fourth-order valence-corrected chi connectivity index (χ4v) is 1.90. The average Bonchev–Trinajstić information content (AvgIpc) is 2.32.